The lowest BCUT2D eigenvalue weighted by Gasteiger charge is -2.32. The molecular weight excluding hydrogens is 304 g/mol. The maximum Gasteiger partial charge on any atom is 0.246 e. The fourth-order valence-corrected chi connectivity index (χ4v) is 3.59. The van der Waals surface area contributed by atoms with Crippen molar-refractivity contribution < 1.29 is 9.15 Å². The number of nitrogens with zero attached hydrogens (tertiary/aromatic N) is 4. The SMILES string of the molecule is Cc1nnc(C2CN(Cc3ccccc3N3CCCC3)CCO2)o1. The summed E-state index contributed by atoms with van der Waals surface area (Å²) in [5.41, 5.74) is 2.77. The van der Waals surface area contributed by atoms with Crippen LogP contribution in [-0.4, -0.2) is 47.9 Å². The molecule has 4 rings (SSSR count). The van der Waals surface area contributed by atoms with Crippen molar-refractivity contribution in [2.75, 3.05) is 37.7 Å². The van der Waals surface area contributed by atoms with Gasteiger partial charge < -0.3 is 14.1 Å². The van der Waals surface area contributed by atoms with Gasteiger partial charge in [0.2, 0.25) is 11.8 Å². The minimum atomic E-state index is -0.126. The van der Waals surface area contributed by atoms with E-state index in [1.165, 1.54) is 37.2 Å². The highest BCUT2D eigenvalue weighted by Gasteiger charge is 2.27. The van der Waals surface area contributed by atoms with Crippen LogP contribution in [0.5, 0.6) is 0 Å². The summed E-state index contributed by atoms with van der Waals surface area (Å²) in [4.78, 5) is 4.93. The van der Waals surface area contributed by atoms with E-state index < -0.39 is 0 Å². The maximum atomic E-state index is 5.83. The first-order valence-electron chi connectivity index (χ1n) is 8.76. The van der Waals surface area contributed by atoms with E-state index in [1.807, 2.05) is 6.92 Å². The van der Waals surface area contributed by atoms with E-state index in [0.717, 1.165) is 19.6 Å². The average Bonchev–Trinajstić information content (AvgIpc) is 3.27. The number of hydrogen-bond donors (Lipinski definition) is 0. The van der Waals surface area contributed by atoms with Crippen LogP contribution in [0.4, 0.5) is 5.69 Å². The highest BCUT2D eigenvalue weighted by molar-refractivity contribution is 5.54. The number of benzene rings is 1. The van der Waals surface area contributed by atoms with E-state index in [9.17, 15) is 0 Å². The van der Waals surface area contributed by atoms with Gasteiger partial charge in [-0.15, -0.1) is 10.2 Å². The van der Waals surface area contributed by atoms with Gasteiger partial charge in [-0.05, 0) is 24.5 Å². The Balaban J connectivity index is 1.47. The molecule has 0 radical (unpaired) electrons. The molecule has 6 heteroatoms. The van der Waals surface area contributed by atoms with Crippen molar-refractivity contribution in [3.8, 4) is 0 Å². The second-order valence-electron chi connectivity index (χ2n) is 6.58. The molecule has 0 bridgehead atoms. The quantitative estimate of drug-likeness (QED) is 0.860. The van der Waals surface area contributed by atoms with Gasteiger partial charge in [0.05, 0.1) is 6.61 Å². The largest absolute Gasteiger partial charge is 0.423 e. The van der Waals surface area contributed by atoms with Crippen LogP contribution in [0.3, 0.4) is 0 Å². The van der Waals surface area contributed by atoms with Crippen molar-refractivity contribution >= 4 is 5.69 Å². The zero-order valence-corrected chi connectivity index (χ0v) is 14.1. The van der Waals surface area contributed by atoms with E-state index in [0.29, 0.717) is 18.4 Å². The molecule has 0 spiro atoms. The van der Waals surface area contributed by atoms with Crippen molar-refractivity contribution in [2.24, 2.45) is 0 Å². The summed E-state index contributed by atoms with van der Waals surface area (Å²) < 4.78 is 11.4. The molecule has 2 aromatic rings. The Morgan fingerprint density at radius 3 is 2.75 bits per heavy atom. The molecule has 2 aliphatic heterocycles. The summed E-state index contributed by atoms with van der Waals surface area (Å²) in [5.74, 6) is 1.18. The van der Waals surface area contributed by atoms with E-state index in [2.05, 4.69) is 44.3 Å². The number of para-hydroxylation sites is 1. The summed E-state index contributed by atoms with van der Waals surface area (Å²) >= 11 is 0. The molecule has 1 unspecified atom stereocenters. The zero-order chi connectivity index (χ0) is 16.4. The molecule has 0 amide bonds. The third-order valence-electron chi connectivity index (χ3n) is 4.80. The summed E-state index contributed by atoms with van der Waals surface area (Å²) in [6, 6.07) is 8.77. The van der Waals surface area contributed by atoms with Gasteiger partial charge in [0.25, 0.3) is 0 Å². The lowest BCUT2D eigenvalue weighted by molar-refractivity contribution is -0.0456. The highest BCUT2D eigenvalue weighted by Crippen LogP contribution is 2.28. The first kappa shape index (κ1) is 15.6. The van der Waals surface area contributed by atoms with Crippen LogP contribution in [-0.2, 0) is 11.3 Å². The predicted octanol–water partition coefficient (Wildman–Crippen LogP) is 2.55. The van der Waals surface area contributed by atoms with Gasteiger partial charge in [-0.2, -0.15) is 0 Å². The molecule has 2 saturated heterocycles. The van der Waals surface area contributed by atoms with Gasteiger partial charge in [0.15, 0.2) is 0 Å². The Hall–Kier alpha value is -1.92. The molecule has 1 aromatic carbocycles. The van der Waals surface area contributed by atoms with Gasteiger partial charge >= 0.3 is 0 Å². The first-order valence-corrected chi connectivity index (χ1v) is 8.76. The minimum absolute atomic E-state index is 0.126. The molecule has 0 aliphatic carbocycles. The Bertz CT molecular complexity index is 681. The molecule has 6 nitrogen and oxygen atoms in total. The van der Waals surface area contributed by atoms with Crippen molar-refractivity contribution in [2.45, 2.75) is 32.4 Å². The molecule has 3 heterocycles. The number of ether oxygens (including phenoxy) is 1. The molecule has 24 heavy (non-hydrogen) atoms. The third-order valence-corrected chi connectivity index (χ3v) is 4.80. The Morgan fingerprint density at radius 2 is 1.96 bits per heavy atom. The standard InChI is InChI=1S/C18H24N4O2/c1-14-19-20-18(24-14)17-13-21(10-11-23-17)12-15-6-2-3-7-16(15)22-8-4-5-9-22/h2-3,6-7,17H,4-5,8-13H2,1H3. The summed E-state index contributed by atoms with van der Waals surface area (Å²) in [6.07, 6.45) is 2.47. The second kappa shape index (κ2) is 6.91. The number of hydrogen-bond acceptors (Lipinski definition) is 6. The Morgan fingerprint density at radius 1 is 1.12 bits per heavy atom. The maximum absolute atomic E-state index is 5.83. The normalized spacial score (nSPS) is 22.2. The van der Waals surface area contributed by atoms with E-state index >= 15 is 0 Å². The van der Waals surface area contributed by atoms with Crippen LogP contribution in [0.15, 0.2) is 28.7 Å². The number of anilines is 1. The van der Waals surface area contributed by atoms with E-state index in [4.69, 9.17) is 9.15 Å². The molecule has 128 valence electrons. The lowest BCUT2D eigenvalue weighted by atomic mass is 10.1. The van der Waals surface area contributed by atoms with Crippen LogP contribution in [0.1, 0.15) is 36.3 Å². The fraction of sp³-hybridized carbons (Fsp3) is 0.556. The van der Waals surface area contributed by atoms with Crippen LogP contribution < -0.4 is 4.90 Å². The van der Waals surface area contributed by atoms with Crippen LogP contribution in [0.2, 0.25) is 0 Å². The molecule has 1 atom stereocenters. The second-order valence-corrected chi connectivity index (χ2v) is 6.58. The van der Waals surface area contributed by atoms with Crippen LogP contribution in [0.25, 0.3) is 0 Å². The smallest absolute Gasteiger partial charge is 0.246 e. The topological polar surface area (TPSA) is 54.6 Å². The average molecular weight is 328 g/mol. The molecule has 2 aliphatic rings. The Labute approximate surface area is 142 Å². The van der Waals surface area contributed by atoms with Crippen LogP contribution >= 0.6 is 0 Å². The number of morpholine rings is 1. The van der Waals surface area contributed by atoms with Crippen molar-refractivity contribution in [1.29, 1.82) is 0 Å². The fourth-order valence-electron chi connectivity index (χ4n) is 3.59. The number of aromatic nitrogens is 2. The van der Waals surface area contributed by atoms with E-state index in [-0.39, 0.29) is 6.10 Å². The first-order chi connectivity index (χ1) is 11.8. The molecular formula is C18H24N4O2. The van der Waals surface area contributed by atoms with E-state index in [1.54, 1.807) is 0 Å². The van der Waals surface area contributed by atoms with Crippen LogP contribution in [0, 0.1) is 6.92 Å². The van der Waals surface area contributed by atoms with Gasteiger partial charge in [0, 0.05) is 45.3 Å². The van der Waals surface area contributed by atoms with Crippen molar-refractivity contribution in [1.82, 2.24) is 15.1 Å². The third kappa shape index (κ3) is 3.30. The van der Waals surface area contributed by atoms with Gasteiger partial charge in [-0.25, -0.2) is 0 Å². The summed E-state index contributed by atoms with van der Waals surface area (Å²) in [7, 11) is 0. The highest BCUT2D eigenvalue weighted by atomic mass is 16.5. The lowest BCUT2D eigenvalue weighted by Crippen LogP contribution is -2.38. The predicted molar refractivity (Wildman–Crippen MR) is 90.9 cm³/mol. The molecule has 1 aromatic heterocycles. The monoisotopic (exact) mass is 328 g/mol. The molecule has 0 N–H and O–H groups in total. The van der Waals surface area contributed by atoms with Crippen molar-refractivity contribution in [3.63, 3.8) is 0 Å². The van der Waals surface area contributed by atoms with Gasteiger partial charge in [-0.3, -0.25) is 4.90 Å². The zero-order valence-electron chi connectivity index (χ0n) is 14.1. The summed E-state index contributed by atoms with van der Waals surface area (Å²) in [5, 5.41) is 8.03. The van der Waals surface area contributed by atoms with Gasteiger partial charge in [0.1, 0.15) is 6.10 Å². The molecule has 2 fully saturated rings. The number of rotatable bonds is 4. The minimum Gasteiger partial charge on any atom is -0.423 e. The van der Waals surface area contributed by atoms with Crippen molar-refractivity contribution in [3.05, 3.63) is 41.6 Å². The van der Waals surface area contributed by atoms with Gasteiger partial charge in [-0.1, -0.05) is 18.2 Å². The summed E-state index contributed by atoms with van der Waals surface area (Å²) in [6.45, 7) is 7.49. The Kier molecular flexibility index (Phi) is 4.49. The molecule has 0 saturated carbocycles. The number of aryl methyl sites for hydroxylation is 1.